The van der Waals surface area contributed by atoms with Crippen molar-refractivity contribution < 1.29 is 4.52 Å². The summed E-state index contributed by atoms with van der Waals surface area (Å²) in [5.74, 6) is 2.26. The van der Waals surface area contributed by atoms with Crippen LogP contribution >= 0.6 is 11.8 Å². The smallest absolute Gasteiger partial charge is 0.237 e. The average Bonchev–Trinajstić information content (AvgIpc) is 2.76. The Morgan fingerprint density at radius 2 is 2.11 bits per heavy atom. The van der Waals surface area contributed by atoms with Gasteiger partial charge in [0.05, 0.1) is 5.75 Å². The van der Waals surface area contributed by atoms with Crippen LogP contribution in [0.1, 0.15) is 36.2 Å². The lowest BCUT2D eigenvalue weighted by atomic mass is 10.2. The summed E-state index contributed by atoms with van der Waals surface area (Å²) in [4.78, 5) is 5.64. The molecule has 1 heterocycles. The molecule has 0 aliphatic heterocycles. The van der Waals surface area contributed by atoms with Crippen LogP contribution in [0.5, 0.6) is 0 Å². The van der Waals surface area contributed by atoms with Crippen molar-refractivity contribution in [2.45, 2.75) is 44.3 Å². The van der Waals surface area contributed by atoms with E-state index in [0.29, 0.717) is 5.89 Å². The van der Waals surface area contributed by atoms with Gasteiger partial charge in [0.1, 0.15) is 0 Å². The SMILES string of the molecule is CCCc1noc(CSc2ccc(C)cc2C)n1. The Labute approximate surface area is 112 Å². The van der Waals surface area contributed by atoms with Gasteiger partial charge >= 0.3 is 0 Å². The van der Waals surface area contributed by atoms with E-state index in [2.05, 4.69) is 49.1 Å². The fourth-order valence-corrected chi connectivity index (χ4v) is 2.62. The van der Waals surface area contributed by atoms with Crippen molar-refractivity contribution in [3.05, 3.63) is 41.0 Å². The minimum Gasteiger partial charge on any atom is -0.338 e. The van der Waals surface area contributed by atoms with E-state index in [1.54, 1.807) is 11.8 Å². The standard InChI is InChI=1S/C14H18N2OS/c1-4-5-13-15-14(17-16-13)9-18-12-7-6-10(2)8-11(12)3/h6-8H,4-5,9H2,1-3H3. The van der Waals surface area contributed by atoms with Gasteiger partial charge in [-0.3, -0.25) is 0 Å². The highest BCUT2D eigenvalue weighted by molar-refractivity contribution is 7.98. The first kappa shape index (κ1) is 13.1. The summed E-state index contributed by atoms with van der Waals surface area (Å²) in [6.45, 7) is 6.35. The van der Waals surface area contributed by atoms with Gasteiger partial charge in [-0.2, -0.15) is 4.98 Å². The van der Waals surface area contributed by atoms with E-state index >= 15 is 0 Å². The molecule has 0 aliphatic carbocycles. The van der Waals surface area contributed by atoms with Crippen LogP contribution in [-0.4, -0.2) is 10.1 Å². The zero-order chi connectivity index (χ0) is 13.0. The molecule has 0 bridgehead atoms. The van der Waals surface area contributed by atoms with Crippen LogP contribution in [0.2, 0.25) is 0 Å². The number of nitrogens with zero attached hydrogens (tertiary/aromatic N) is 2. The Morgan fingerprint density at radius 3 is 2.83 bits per heavy atom. The number of aryl methyl sites for hydroxylation is 3. The summed E-state index contributed by atoms with van der Waals surface area (Å²) in [5, 5.41) is 3.96. The van der Waals surface area contributed by atoms with E-state index in [0.717, 1.165) is 24.4 Å². The maximum atomic E-state index is 5.22. The van der Waals surface area contributed by atoms with Gasteiger partial charge in [0, 0.05) is 11.3 Å². The van der Waals surface area contributed by atoms with Crippen LogP contribution in [0, 0.1) is 13.8 Å². The molecule has 0 saturated heterocycles. The van der Waals surface area contributed by atoms with Gasteiger partial charge in [0.25, 0.3) is 0 Å². The molecule has 0 saturated carbocycles. The van der Waals surface area contributed by atoms with Gasteiger partial charge in [0.15, 0.2) is 5.82 Å². The van der Waals surface area contributed by atoms with Gasteiger partial charge in [-0.25, -0.2) is 0 Å². The molecule has 0 radical (unpaired) electrons. The Bertz CT molecular complexity index is 522. The number of rotatable bonds is 5. The number of hydrogen-bond donors (Lipinski definition) is 0. The summed E-state index contributed by atoms with van der Waals surface area (Å²) in [6.07, 6.45) is 1.93. The van der Waals surface area contributed by atoms with Gasteiger partial charge in [-0.05, 0) is 31.9 Å². The molecule has 0 amide bonds. The fourth-order valence-electron chi connectivity index (χ4n) is 1.77. The summed E-state index contributed by atoms with van der Waals surface area (Å²) in [6, 6.07) is 6.48. The lowest BCUT2D eigenvalue weighted by Gasteiger charge is -2.04. The van der Waals surface area contributed by atoms with Crippen LogP contribution < -0.4 is 0 Å². The Balaban J connectivity index is 1.97. The number of hydrogen-bond acceptors (Lipinski definition) is 4. The predicted octanol–water partition coefficient (Wildman–Crippen LogP) is 3.93. The minimum atomic E-state index is 0.712. The van der Waals surface area contributed by atoms with Crippen molar-refractivity contribution in [1.82, 2.24) is 10.1 Å². The van der Waals surface area contributed by atoms with E-state index in [1.807, 2.05) is 0 Å². The summed E-state index contributed by atoms with van der Waals surface area (Å²) in [7, 11) is 0. The molecule has 1 aromatic carbocycles. The number of benzene rings is 1. The molecular weight excluding hydrogens is 244 g/mol. The summed E-state index contributed by atoms with van der Waals surface area (Å²) < 4.78 is 5.22. The minimum absolute atomic E-state index is 0.712. The van der Waals surface area contributed by atoms with Crippen LogP contribution in [0.3, 0.4) is 0 Å². The molecule has 1 aromatic heterocycles. The lowest BCUT2D eigenvalue weighted by molar-refractivity contribution is 0.384. The van der Waals surface area contributed by atoms with E-state index in [9.17, 15) is 0 Å². The fraction of sp³-hybridized carbons (Fsp3) is 0.429. The second-order valence-electron chi connectivity index (χ2n) is 4.41. The molecule has 0 unspecified atom stereocenters. The Kier molecular flexibility index (Phi) is 4.42. The Hall–Kier alpha value is -1.29. The first-order valence-corrected chi connectivity index (χ1v) is 7.19. The highest BCUT2D eigenvalue weighted by Gasteiger charge is 2.07. The van der Waals surface area contributed by atoms with Gasteiger partial charge in [0.2, 0.25) is 5.89 Å². The topological polar surface area (TPSA) is 38.9 Å². The Morgan fingerprint density at radius 1 is 1.28 bits per heavy atom. The first-order valence-electron chi connectivity index (χ1n) is 6.20. The van der Waals surface area contributed by atoms with Crippen LogP contribution in [0.15, 0.2) is 27.6 Å². The van der Waals surface area contributed by atoms with E-state index < -0.39 is 0 Å². The quantitative estimate of drug-likeness (QED) is 0.765. The second kappa shape index (κ2) is 6.05. The highest BCUT2D eigenvalue weighted by atomic mass is 32.2. The van der Waals surface area contributed by atoms with E-state index in [-0.39, 0.29) is 0 Å². The summed E-state index contributed by atoms with van der Waals surface area (Å²) in [5.41, 5.74) is 2.59. The van der Waals surface area contributed by atoms with Gasteiger partial charge in [-0.15, -0.1) is 11.8 Å². The third-order valence-corrected chi connectivity index (χ3v) is 3.83. The van der Waals surface area contributed by atoms with Gasteiger partial charge in [-0.1, -0.05) is 29.8 Å². The molecule has 0 N–H and O–H groups in total. The van der Waals surface area contributed by atoms with Crippen LogP contribution in [0.4, 0.5) is 0 Å². The zero-order valence-corrected chi connectivity index (χ0v) is 11.9. The molecular formula is C14H18N2OS. The van der Waals surface area contributed by atoms with Crippen molar-refractivity contribution in [1.29, 1.82) is 0 Å². The second-order valence-corrected chi connectivity index (χ2v) is 5.43. The molecule has 4 heteroatoms. The van der Waals surface area contributed by atoms with Gasteiger partial charge < -0.3 is 4.52 Å². The average molecular weight is 262 g/mol. The maximum absolute atomic E-state index is 5.22. The molecule has 2 rings (SSSR count). The zero-order valence-electron chi connectivity index (χ0n) is 11.1. The third-order valence-electron chi connectivity index (χ3n) is 2.67. The van der Waals surface area contributed by atoms with Crippen molar-refractivity contribution >= 4 is 11.8 Å². The van der Waals surface area contributed by atoms with Crippen molar-refractivity contribution in [3.63, 3.8) is 0 Å². The van der Waals surface area contributed by atoms with Crippen molar-refractivity contribution in [2.24, 2.45) is 0 Å². The highest BCUT2D eigenvalue weighted by Crippen LogP contribution is 2.26. The monoisotopic (exact) mass is 262 g/mol. The first-order chi connectivity index (χ1) is 8.69. The molecule has 96 valence electrons. The van der Waals surface area contributed by atoms with E-state index in [1.165, 1.54) is 16.0 Å². The van der Waals surface area contributed by atoms with Crippen molar-refractivity contribution in [2.75, 3.05) is 0 Å². The molecule has 0 spiro atoms. The normalized spacial score (nSPS) is 10.8. The molecule has 2 aromatic rings. The largest absolute Gasteiger partial charge is 0.338 e. The maximum Gasteiger partial charge on any atom is 0.237 e. The molecule has 0 atom stereocenters. The molecule has 0 aliphatic rings. The van der Waals surface area contributed by atoms with Crippen molar-refractivity contribution in [3.8, 4) is 0 Å². The molecule has 18 heavy (non-hydrogen) atoms. The number of thioether (sulfide) groups is 1. The molecule has 0 fully saturated rings. The lowest BCUT2D eigenvalue weighted by Crippen LogP contribution is -1.87. The third kappa shape index (κ3) is 3.35. The van der Waals surface area contributed by atoms with Crippen LogP contribution in [0.25, 0.3) is 0 Å². The van der Waals surface area contributed by atoms with E-state index in [4.69, 9.17) is 4.52 Å². The molecule has 3 nitrogen and oxygen atoms in total. The summed E-state index contributed by atoms with van der Waals surface area (Å²) >= 11 is 1.74. The van der Waals surface area contributed by atoms with Crippen LogP contribution in [-0.2, 0) is 12.2 Å². The number of aromatic nitrogens is 2. The predicted molar refractivity (Wildman–Crippen MR) is 73.8 cm³/mol.